The smallest absolute Gasteiger partial charge is 0.230 e. The SMILES string of the molecule is C=CCOC12Oc3ccc(OCc4ccccc4F)cc3C3C(CCCCO)C(CCCCO)C=C(C(=NOC)CC1SCCc1ccncc1)C32. The molecule has 6 rings (SSSR count). The second-order valence-corrected chi connectivity index (χ2v) is 15.1. The molecule has 0 spiro atoms. The second kappa shape index (κ2) is 18.4. The summed E-state index contributed by atoms with van der Waals surface area (Å²) < 4.78 is 35.0. The molecular formula is C42H51FN2O6S. The molecule has 3 aromatic rings. The number of benzene rings is 2. The van der Waals surface area contributed by atoms with Crippen molar-refractivity contribution < 1.29 is 33.7 Å². The molecule has 2 heterocycles. The van der Waals surface area contributed by atoms with Crippen LogP contribution in [-0.2, 0) is 22.6 Å². The summed E-state index contributed by atoms with van der Waals surface area (Å²) in [5.41, 5.74) is 4.71. The highest BCUT2D eigenvalue weighted by Crippen LogP contribution is 2.62. The molecule has 3 aliphatic rings. The molecule has 2 aromatic carbocycles. The van der Waals surface area contributed by atoms with Gasteiger partial charge in [0.15, 0.2) is 0 Å². The molecule has 1 aromatic heterocycles. The van der Waals surface area contributed by atoms with E-state index in [-0.39, 0.29) is 54.6 Å². The van der Waals surface area contributed by atoms with Crippen LogP contribution in [0.5, 0.6) is 11.5 Å². The number of aliphatic hydroxyl groups excluding tert-OH is 2. The van der Waals surface area contributed by atoms with E-state index in [1.807, 2.05) is 54.5 Å². The van der Waals surface area contributed by atoms with Crippen molar-refractivity contribution >= 4 is 17.5 Å². The molecule has 2 N–H and O–H groups in total. The first-order valence-corrected chi connectivity index (χ1v) is 19.6. The van der Waals surface area contributed by atoms with Gasteiger partial charge in [-0.05, 0) is 97.2 Å². The van der Waals surface area contributed by atoms with Gasteiger partial charge in [0.05, 0.1) is 23.5 Å². The van der Waals surface area contributed by atoms with E-state index in [4.69, 9.17) is 19.0 Å². The highest BCUT2D eigenvalue weighted by molar-refractivity contribution is 8.00. The normalized spacial score (nSPS) is 25.4. The van der Waals surface area contributed by atoms with E-state index in [9.17, 15) is 14.6 Å². The molecule has 0 amide bonds. The monoisotopic (exact) mass is 730 g/mol. The van der Waals surface area contributed by atoms with Crippen LogP contribution in [0.4, 0.5) is 4.39 Å². The number of fused-ring (bicyclic) bond motifs is 2. The van der Waals surface area contributed by atoms with Gasteiger partial charge in [-0.1, -0.05) is 48.3 Å². The van der Waals surface area contributed by atoms with Crippen LogP contribution in [0.25, 0.3) is 0 Å². The fourth-order valence-corrected chi connectivity index (χ4v) is 9.73. The molecule has 0 saturated heterocycles. The van der Waals surface area contributed by atoms with Crippen LogP contribution in [0.15, 0.2) is 96.5 Å². The molecule has 6 atom stereocenters. The van der Waals surface area contributed by atoms with Gasteiger partial charge in [0.1, 0.15) is 31.0 Å². The van der Waals surface area contributed by atoms with Gasteiger partial charge in [0.25, 0.3) is 0 Å². The van der Waals surface area contributed by atoms with Crippen LogP contribution >= 0.6 is 11.8 Å². The fraction of sp³-hybridized carbons (Fsp3) is 0.476. The number of aromatic nitrogens is 1. The van der Waals surface area contributed by atoms with Gasteiger partial charge in [-0.15, -0.1) is 6.58 Å². The van der Waals surface area contributed by atoms with Crippen LogP contribution < -0.4 is 9.47 Å². The number of oxime groups is 1. The van der Waals surface area contributed by atoms with Gasteiger partial charge in [-0.2, -0.15) is 11.8 Å². The number of thioether (sulfide) groups is 1. The van der Waals surface area contributed by atoms with E-state index < -0.39 is 5.79 Å². The summed E-state index contributed by atoms with van der Waals surface area (Å²) in [6, 6.07) is 16.7. The zero-order chi connectivity index (χ0) is 36.3. The summed E-state index contributed by atoms with van der Waals surface area (Å²) in [4.78, 5) is 9.71. The summed E-state index contributed by atoms with van der Waals surface area (Å²) in [7, 11) is 1.60. The van der Waals surface area contributed by atoms with E-state index in [0.717, 1.165) is 66.9 Å². The maximum absolute atomic E-state index is 14.6. The zero-order valence-corrected chi connectivity index (χ0v) is 30.8. The number of halogens is 1. The minimum Gasteiger partial charge on any atom is -0.489 e. The summed E-state index contributed by atoms with van der Waals surface area (Å²) in [6.45, 7) is 4.71. The Morgan fingerprint density at radius 3 is 2.60 bits per heavy atom. The number of ether oxygens (including phenoxy) is 3. The minimum absolute atomic E-state index is 0.0472. The maximum atomic E-state index is 14.6. The minimum atomic E-state index is -1.03. The van der Waals surface area contributed by atoms with Gasteiger partial charge in [0, 0.05) is 49.1 Å². The molecule has 10 heteroatoms. The molecule has 2 aliphatic carbocycles. The van der Waals surface area contributed by atoms with Crippen molar-refractivity contribution in [2.24, 2.45) is 22.9 Å². The van der Waals surface area contributed by atoms with Crippen LogP contribution in [0, 0.1) is 23.6 Å². The van der Waals surface area contributed by atoms with Crippen LogP contribution in [0.2, 0.25) is 0 Å². The molecule has 1 aliphatic heterocycles. The van der Waals surface area contributed by atoms with E-state index >= 15 is 0 Å². The lowest BCUT2D eigenvalue weighted by atomic mass is 9.56. The van der Waals surface area contributed by atoms with Crippen molar-refractivity contribution in [3.8, 4) is 11.5 Å². The van der Waals surface area contributed by atoms with Crippen molar-refractivity contribution in [2.45, 2.75) is 74.9 Å². The highest BCUT2D eigenvalue weighted by atomic mass is 32.2. The quantitative estimate of drug-likeness (QED) is 0.0727. The third kappa shape index (κ3) is 8.41. The van der Waals surface area contributed by atoms with E-state index in [0.29, 0.717) is 30.8 Å². The molecule has 1 saturated carbocycles. The average molecular weight is 731 g/mol. The second-order valence-electron chi connectivity index (χ2n) is 13.8. The van der Waals surface area contributed by atoms with Crippen molar-refractivity contribution in [2.75, 3.05) is 32.7 Å². The molecule has 1 fully saturated rings. The maximum Gasteiger partial charge on any atom is 0.230 e. The Bertz CT molecular complexity index is 1690. The van der Waals surface area contributed by atoms with E-state index in [2.05, 4.69) is 28.9 Å². The Balaban J connectivity index is 1.46. The molecule has 278 valence electrons. The topological polar surface area (TPSA) is 103 Å². The molecule has 52 heavy (non-hydrogen) atoms. The van der Waals surface area contributed by atoms with Gasteiger partial charge in [-0.3, -0.25) is 4.98 Å². The zero-order valence-electron chi connectivity index (χ0n) is 30.0. The number of nitrogens with zero attached hydrogens (tertiary/aromatic N) is 2. The largest absolute Gasteiger partial charge is 0.489 e. The van der Waals surface area contributed by atoms with Gasteiger partial charge < -0.3 is 29.3 Å². The number of pyridine rings is 1. The number of hydrogen-bond donors (Lipinski definition) is 2. The third-order valence-electron chi connectivity index (χ3n) is 10.6. The fourth-order valence-electron chi connectivity index (χ4n) is 8.32. The third-order valence-corrected chi connectivity index (χ3v) is 12.0. The molecule has 0 radical (unpaired) electrons. The Labute approximate surface area is 311 Å². The lowest BCUT2D eigenvalue weighted by Gasteiger charge is -2.58. The molecule has 8 nitrogen and oxygen atoms in total. The Kier molecular flexibility index (Phi) is 13.4. The molecular weight excluding hydrogens is 680 g/mol. The standard InChI is InChI=1S/C42H51FN2O6S/c1-3-23-50-42-39(52-24-18-29-16-19-44-20-17-29)27-37(45-48-2)34-25-30(10-6-8-21-46)33(12-7-9-22-47)40(41(34)42)35-26-32(14-15-38(35)51-42)49-28-31-11-4-5-13-36(31)43/h3-5,11,13-17,19-20,25-26,30,33,39-41,46-47H,1,6-10,12,18,21-24,27-28H2,2H3. The number of allylic oxidation sites excluding steroid dienone is 1. The van der Waals surface area contributed by atoms with Crippen molar-refractivity contribution in [1.82, 2.24) is 4.98 Å². The summed E-state index contributed by atoms with van der Waals surface area (Å²) in [5.74, 6) is 0.982. The predicted molar refractivity (Wildman–Crippen MR) is 203 cm³/mol. The first-order chi connectivity index (χ1) is 25.5. The number of aryl methyl sites for hydroxylation is 1. The Morgan fingerprint density at radius 1 is 1.06 bits per heavy atom. The Morgan fingerprint density at radius 2 is 1.85 bits per heavy atom. The van der Waals surface area contributed by atoms with E-state index in [1.165, 1.54) is 11.6 Å². The molecule has 6 unspecified atom stereocenters. The number of hydrogen-bond acceptors (Lipinski definition) is 9. The van der Waals surface area contributed by atoms with Gasteiger partial charge >= 0.3 is 0 Å². The van der Waals surface area contributed by atoms with E-state index in [1.54, 1.807) is 25.3 Å². The average Bonchev–Trinajstić information content (AvgIpc) is 3.16. The first-order valence-electron chi connectivity index (χ1n) is 18.5. The van der Waals surface area contributed by atoms with Gasteiger partial charge in [-0.25, -0.2) is 4.39 Å². The van der Waals surface area contributed by atoms with Crippen LogP contribution in [-0.4, -0.2) is 64.6 Å². The van der Waals surface area contributed by atoms with Crippen molar-refractivity contribution in [3.63, 3.8) is 0 Å². The van der Waals surface area contributed by atoms with Crippen molar-refractivity contribution in [3.05, 3.63) is 114 Å². The lowest BCUT2D eigenvalue weighted by Crippen LogP contribution is -2.64. The van der Waals surface area contributed by atoms with Crippen LogP contribution in [0.1, 0.15) is 67.6 Å². The molecule has 0 bridgehead atoms. The number of rotatable bonds is 19. The number of aliphatic hydroxyl groups is 2. The van der Waals surface area contributed by atoms with Gasteiger partial charge in [0.2, 0.25) is 5.79 Å². The Hall–Kier alpha value is -3.70. The highest BCUT2D eigenvalue weighted by Gasteiger charge is 2.63. The predicted octanol–water partition coefficient (Wildman–Crippen LogP) is 8.04. The lowest BCUT2D eigenvalue weighted by molar-refractivity contribution is -0.223. The summed E-state index contributed by atoms with van der Waals surface area (Å²) >= 11 is 1.83. The van der Waals surface area contributed by atoms with Crippen molar-refractivity contribution in [1.29, 1.82) is 0 Å². The van der Waals surface area contributed by atoms with Crippen LogP contribution in [0.3, 0.4) is 0 Å². The summed E-state index contributed by atoms with van der Waals surface area (Å²) in [5, 5.41) is 24.1. The first kappa shape index (κ1) is 38.0. The number of unbranched alkanes of at least 4 members (excludes halogenated alkanes) is 2. The summed E-state index contributed by atoms with van der Waals surface area (Å²) in [6.07, 6.45) is 14.3.